The van der Waals surface area contributed by atoms with Crippen LogP contribution in [0.15, 0.2) is 0 Å². The molecule has 0 aliphatic rings. The van der Waals surface area contributed by atoms with Crippen molar-refractivity contribution in [3.63, 3.8) is 0 Å². The summed E-state index contributed by atoms with van der Waals surface area (Å²) in [6.07, 6.45) is 23.1. The summed E-state index contributed by atoms with van der Waals surface area (Å²) in [5.74, 6) is -0.375. The molecule has 0 saturated carbocycles. The summed E-state index contributed by atoms with van der Waals surface area (Å²) in [5, 5.41) is 2.04. The van der Waals surface area contributed by atoms with Crippen molar-refractivity contribution in [3.05, 3.63) is 0 Å². The number of nitrogens with one attached hydrogen (secondary N) is 1. The van der Waals surface area contributed by atoms with Gasteiger partial charge in [-0.1, -0.05) is 140 Å². The molecule has 0 saturated heterocycles. The number of hydrogen-bond acceptors (Lipinski definition) is 2. The first-order valence-corrected chi connectivity index (χ1v) is 13.0. The molecule has 3 N–H and O–H groups in total. The molecule has 0 fully saturated rings. The van der Waals surface area contributed by atoms with Crippen molar-refractivity contribution < 1.29 is 9.59 Å². The van der Waals surface area contributed by atoms with Crippen LogP contribution in [-0.2, 0) is 4.79 Å². The first-order valence-electron chi connectivity index (χ1n) is 12.2. The van der Waals surface area contributed by atoms with E-state index in [1.165, 1.54) is 96.3 Å². The van der Waals surface area contributed by atoms with Crippen LogP contribution in [0.3, 0.4) is 0 Å². The summed E-state index contributed by atoms with van der Waals surface area (Å²) >= 11 is 3.26. The molecule has 0 atom stereocenters. The average molecular weight is 558 g/mol. The molecular weight excluding hydrogens is 506 g/mol. The summed E-state index contributed by atoms with van der Waals surface area (Å²) in [6, 6.07) is -0.814. The van der Waals surface area contributed by atoms with Crippen molar-refractivity contribution in [2.75, 3.05) is 0 Å². The molecule has 0 aromatic heterocycles. The fourth-order valence-corrected chi connectivity index (χ4v) is 3.34. The molecule has 0 unspecified atom stereocenters. The Morgan fingerprint density at radius 3 is 1.10 bits per heavy atom. The third-order valence-electron chi connectivity index (χ3n) is 5.47. The van der Waals surface area contributed by atoms with E-state index in [0.717, 1.165) is 0 Å². The van der Waals surface area contributed by atoms with Crippen LogP contribution in [0.1, 0.15) is 137 Å². The monoisotopic (exact) mass is 556 g/mol. The topological polar surface area (TPSA) is 72.2 Å². The molecule has 4 nitrogen and oxygen atoms in total. The molecule has 178 valence electrons. The van der Waals surface area contributed by atoms with Gasteiger partial charge in [-0.25, -0.2) is 4.79 Å². The first-order chi connectivity index (χ1) is 13.9. The third kappa shape index (κ3) is 28.8. The Balaban J connectivity index is -0.000000232. The number of carbonyl (C=O) groups is 2. The fraction of sp³-hybridized carbons (Fsp3) is 0.917. The van der Waals surface area contributed by atoms with E-state index in [2.05, 4.69) is 29.8 Å². The molecule has 0 heterocycles. The third-order valence-corrected chi connectivity index (χ3v) is 6.95. The van der Waals surface area contributed by atoms with E-state index >= 15 is 0 Å². The molecule has 0 aliphatic heterocycles. The molecule has 0 aromatic carbocycles. The number of nitrogens with two attached hydrogens (primary N) is 1. The van der Waals surface area contributed by atoms with Crippen LogP contribution in [0.5, 0.6) is 0 Å². The van der Waals surface area contributed by atoms with Crippen LogP contribution in [0.25, 0.3) is 0 Å². The Labute approximate surface area is 287 Å². The second kappa shape index (κ2) is 30.7. The normalized spacial score (nSPS) is 10.2. The Bertz CT molecular complexity index is 382. The molecule has 0 spiro atoms. The summed E-state index contributed by atoms with van der Waals surface area (Å²) in [5.41, 5.74) is 4.81. The van der Waals surface area contributed by atoms with Crippen molar-refractivity contribution in [2.45, 2.75) is 141 Å². The number of primary amides is 1. The molecule has 31 heavy (non-hydrogen) atoms. The summed E-state index contributed by atoms with van der Waals surface area (Å²) < 4.78 is -0.665. The van der Waals surface area contributed by atoms with Gasteiger partial charge < -0.3 is 5.73 Å². The van der Waals surface area contributed by atoms with Crippen LogP contribution in [0, 0.1) is 0 Å². The summed E-state index contributed by atoms with van der Waals surface area (Å²) in [7, 11) is 0. The van der Waals surface area contributed by atoms with Gasteiger partial charge in [0.25, 0.3) is 0 Å². The van der Waals surface area contributed by atoms with Crippen LogP contribution in [0.4, 0.5) is 4.79 Å². The number of rotatable bonds is 17. The molecule has 0 aliphatic carbocycles. The second-order valence-electron chi connectivity index (χ2n) is 8.09. The SMILES string of the molecule is CCC(Br)(CC)C(=O)NC(N)=O.CCCCCCCCCCCCCCCCC.[KH].[KH]. The molecule has 0 bridgehead atoms. The molecule has 3 amide bonds. The molecular formula is C24H51BrK2N2O2. The maximum absolute atomic E-state index is 11.3. The van der Waals surface area contributed by atoms with Crippen LogP contribution in [0.2, 0.25) is 0 Å². The van der Waals surface area contributed by atoms with E-state index in [-0.39, 0.29) is 109 Å². The minimum atomic E-state index is -0.814. The number of amides is 3. The van der Waals surface area contributed by atoms with E-state index < -0.39 is 10.4 Å². The number of unbranched alkanes of at least 4 members (excludes halogenated alkanes) is 14. The van der Waals surface area contributed by atoms with E-state index in [9.17, 15) is 9.59 Å². The van der Waals surface area contributed by atoms with E-state index in [1.54, 1.807) is 0 Å². The van der Waals surface area contributed by atoms with Gasteiger partial charge in [0.15, 0.2) is 0 Å². The fourth-order valence-electron chi connectivity index (χ4n) is 3.24. The van der Waals surface area contributed by atoms with Crippen molar-refractivity contribution in [2.24, 2.45) is 5.73 Å². The standard InChI is InChI=1S/C17H36.C7H13BrN2O2.2K.2H/c1-3-5-7-9-11-13-15-17-16-14-12-10-8-6-4-2;1-3-7(8,4-2)5(11)10-6(9)12;;;;/h3-17H2,1-2H3;3-4H2,1-2H3,(H3,9,10,11,12);;;;. The van der Waals surface area contributed by atoms with Gasteiger partial charge in [-0.3, -0.25) is 10.1 Å². The number of urea groups is 1. The summed E-state index contributed by atoms with van der Waals surface area (Å²) in [4.78, 5) is 21.6. The van der Waals surface area contributed by atoms with Gasteiger partial charge in [-0.05, 0) is 12.8 Å². The van der Waals surface area contributed by atoms with Gasteiger partial charge in [0.1, 0.15) is 4.32 Å². The second-order valence-corrected chi connectivity index (χ2v) is 9.60. The van der Waals surface area contributed by atoms with Gasteiger partial charge in [0, 0.05) is 0 Å². The number of carbonyl (C=O) groups excluding carboxylic acids is 2. The van der Waals surface area contributed by atoms with Gasteiger partial charge in [-0.15, -0.1) is 0 Å². The van der Waals surface area contributed by atoms with Crippen molar-refractivity contribution in [1.82, 2.24) is 5.32 Å². The number of imide groups is 1. The predicted molar refractivity (Wildman–Crippen MR) is 145 cm³/mol. The van der Waals surface area contributed by atoms with Gasteiger partial charge in [0.05, 0.1) is 0 Å². The Hall–Kier alpha value is 2.69. The maximum atomic E-state index is 11.3. The minimum absolute atomic E-state index is 0. The van der Waals surface area contributed by atoms with Gasteiger partial charge >= 0.3 is 109 Å². The Morgan fingerprint density at radius 1 is 0.645 bits per heavy atom. The van der Waals surface area contributed by atoms with Crippen LogP contribution < -0.4 is 11.1 Å². The van der Waals surface area contributed by atoms with E-state index in [4.69, 9.17) is 5.73 Å². The average Bonchev–Trinajstić information content (AvgIpc) is 2.70. The van der Waals surface area contributed by atoms with Crippen molar-refractivity contribution in [1.29, 1.82) is 0 Å². The number of alkyl halides is 1. The molecule has 0 radical (unpaired) electrons. The number of halogens is 1. The molecule has 0 rings (SSSR count). The zero-order chi connectivity index (χ0) is 22.4. The quantitative estimate of drug-likeness (QED) is 0.118. The Kier molecular flexibility index (Phi) is 40.5. The Morgan fingerprint density at radius 2 is 0.903 bits per heavy atom. The van der Waals surface area contributed by atoms with E-state index in [0.29, 0.717) is 12.8 Å². The predicted octanol–water partition coefficient (Wildman–Crippen LogP) is 6.72. The zero-order valence-corrected chi connectivity index (χ0v) is 21.4. The van der Waals surface area contributed by atoms with E-state index in [1.807, 2.05) is 19.2 Å². The van der Waals surface area contributed by atoms with Gasteiger partial charge in [0.2, 0.25) is 5.91 Å². The molecule has 0 aromatic rings. The summed E-state index contributed by atoms with van der Waals surface area (Å²) in [6.45, 7) is 8.30. The zero-order valence-electron chi connectivity index (χ0n) is 19.8. The van der Waals surface area contributed by atoms with Crippen LogP contribution in [-0.4, -0.2) is 119 Å². The van der Waals surface area contributed by atoms with Crippen molar-refractivity contribution in [3.8, 4) is 0 Å². The van der Waals surface area contributed by atoms with Crippen LogP contribution >= 0.6 is 15.9 Å². The van der Waals surface area contributed by atoms with Crippen molar-refractivity contribution >= 4 is 131 Å². The first kappa shape index (κ1) is 40.8. The van der Waals surface area contributed by atoms with Gasteiger partial charge in [-0.2, -0.15) is 0 Å². The number of hydrogen-bond donors (Lipinski definition) is 2. The molecule has 7 heteroatoms.